The molecule has 0 spiro atoms. The number of methoxy groups -OCH3 is 1. The predicted molar refractivity (Wildman–Crippen MR) is 161 cm³/mol. The lowest BCUT2D eigenvalue weighted by Gasteiger charge is -2.12. The monoisotopic (exact) mass is 600 g/mol. The van der Waals surface area contributed by atoms with Gasteiger partial charge in [-0.25, -0.2) is 9.67 Å². The third-order valence-electron chi connectivity index (χ3n) is 6.35. The van der Waals surface area contributed by atoms with Gasteiger partial charge in [0.05, 0.1) is 12.8 Å². The van der Waals surface area contributed by atoms with Crippen LogP contribution in [0, 0.1) is 0 Å². The van der Waals surface area contributed by atoms with Crippen molar-refractivity contribution in [1.82, 2.24) is 14.8 Å². The highest BCUT2D eigenvalue weighted by molar-refractivity contribution is 7.55. The first kappa shape index (κ1) is 29.5. The van der Waals surface area contributed by atoms with E-state index in [0.29, 0.717) is 46.5 Å². The smallest absolute Gasteiger partial charge is 0.349 e. The molecule has 3 aromatic carbocycles. The molecule has 3 N–H and O–H groups in total. The van der Waals surface area contributed by atoms with Gasteiger partial charge in [0, 0.05) is 35.1 Å². The van der Waals surface area contributed by atoms with E-state index in [2.05, 4.69) is 15.4 Å². The van der Waals surface area contributed by atoms with Crippen molar-refractivity contribution in [2.45, 2.75) is 20.0 Å². The number of oxazole rings is 1. The van der Waals surface area contributed by atoms with Crippen molar-refractivity contribution >= 4 is 25.4 Å². The topological polar surface area (TPSA) is 149 Å². The summed E-state index contributed by atoms with van der Waals surface area (Å²) >= 11 is 0. The normalized spacial score (nSPS) is 11.5. The Bertz CT molecular complexity index is 1790. The van der Waals surface area contributed by atoms with Crippen molar-refractivity contribution in [3.8, 4) is 28.6 Å². The molecule has 2 aromatic heterocycles. The lowest BCUT2D eigenvalue weighted by molar-refractivity contribution is 0.102. The number of ether oxygens (including phenoxy) is 2. The van der Waals surface area contributed by atoms with E-state index in [1.807, 2.05) is 67.6 Å². The molecule has 0 aliphatic heterocycles. The van der Waals surface area contributed by atoms with Gasteiger partial charge in [-0.3, -0.25) is 9.36 Å². The molecule has 12 heteroatoms. The minimum Gasteiger partial charge on any atom is -0.493 e. The number of hydrogen-bond acceptors (Lipinski definition) is 7. The van der Waals surface area contributed by atoms with Gasteiger partial charge in [-0.15, -0.1) is 5.10 Å². The van der Waals surface area contributed by atoms with E-state index < -0.39 is 13.5 Å². The number of anilines is 1. The molecule has 0 saturated carbocycles. The van der Waals surface area contributed by atoms with E-state index in [0.717, 1.165) is 11.4 Å². The molecule has 0 bridgehead atoms. The Morgan fingerprint density at radius 3 is 2.44 bits per heavy atom. The number of carbonyl (C=O) groups excluding carboxylic acids is 1. The van der Waals surface area contributed by atoms with E-state index in [-0.39, 0.29) is 18.0 Å². The Hall–Kier alpha value is -4.96. The first-order valence-electron chi connectivity index (χ1n) is 13.3. The van der Waals surface area contributed by atoms with Crippen molar-refractivity contribution < 1.29 is 33.0 Å². The molecule has 0 atom stereocenters. The Kier molecular flexibility index (Phi) is 8.87. The van der Waals surface area contributed by atoms with Crippen molar-refractivity contribution in [2.24, 2.45) is 0 Å². The Morgan fingerprint density at radius 2 is 1.77 bits per heavy atom. The van der Waals surface area contributed by atoms with Crippen LogP contribution in [0.2, 0.25) is 0 Å². The van der Waals surface area contributed by atoms with Crippen molar-refractivity contribution in [2.75, 3.05) is 12.4 Å². The second-order valence-electron chi connectivity index (χ2n) is 9.33. The molecule has 43 heavy (non-hydrogen) atoms. The number of hydrogen-bond donors (Lipinski definition) is 3. The summed E-state index contributed by atoms with van der Waals surface area (Å²) in [6, 6.07) is 23.4. The molecule has 0 radical (unpaired) electrons. The zero-order valence-corrected chi connectivity index (χ0v) is 24.3. The zero-order valence-electron chi connectivity index (χ0n) is 23.4. The minimum atomic E-state index is -4.44. The van der Waals surface area contributed by atoms with Crippen LogP contribution in [0.3, 0.4) is 0 Å². The van der Waals surface area contributed by atoms with Crippen LogP contribution in [0.5, 0.6) is 11.5 Å². The predicted octanol–water partition coefficient (Wildman–Crippen LogP) is 6.08. The number of nitrogens with one attached hydrogen (secondary N) is 1. The third-order valence-corrected chi connectivity index (χ3v) is 6.89. The van der Waals surface area contributed by atoms with Crippen LogP contribution in [-0.2, 0) is 17.6 Å². The zero-order chi connectivity index (χ0) is 30.4. The van der Waals surface area contributed by atoms with Gasteiger partial charge in [-0.05, 0) is 48.5 Å². The molecule has 11 nitrogen and oxygen atoms in total. The van der Waals surface area contributed by atoms with E-state index in [1.165, 1.54) is 23.9 Å². The van der Waals surface area contributed by atoms with Gasteiger partial charge in [-0.2, -0.15) is 0 Å². The van der Waals surface area contributed by atoms with Gasteiger partial charge < -0.3 is 29.0 Å². The van der Waals surface area contributed by atoms with Crippen molar-refractivity contribution in [1.29, 1.82) is 0 Å². The molecule has 0 saturated heterocycles. The molecule has 0 fully saturated rings. The van der Waals surface area contributed by atoms with E-state index in [4.69, 9.17) is 13.9 Å². The highest BCUT2D eigenvalue weighted by atomic mass is 31.2. The lowest BCUT2D eigenvalue weighted by Crippen LogP contribution is -2.13. The molecule has 5 rings (SSSR count). The quantitative estimate of drug-likeness (QED) is 0.153. The number of para-hydroxylation sites is 1. The number of carbonyl (C=O) groups is 1. The standard InChI is InChI=1S/C31H29N4O7P/c1-3-26-25(32-31(42-26)21-10-6-4-7-11-21)20-41-27-15-14-22(18-28(27)40-2)30(36)33-29-23(16-17-43(37,38)39)19-35(34-29)24-12-8-5-9-13-24/h4-19H,3,20H2,1-2H3,(H,33,34,36)(H2,37,38,39)/b17-16+. The molecule has 5 aromatic rings. The van der Waals surface area contributed by atoms with Crippen LogP contribution in [0.1, 0.15) is 34.3 Å². The first-order chi connectivity index (χ1) is 20.7. The van der Waals surface area contributed by atoms with Gasteiger partial charge in [0.25, 0.3) is 5.91 Å². The van der Waals surface area contributed by atoms with E-state index >= 15 is 0 Å². The van der Waals surface area contributed by atoms with Crippen LogP contribution >= 0.6 is 7.60 Å². The SMILES string of the molecule is CCc1oc(-c2ccccc2)nc1COc1ccc(C(=O)Nc2nn(-c3ccccc3)cc2/C=C/P(=O)(O)O)cc1OC. The number of amides is 1. The average molecular weight is 601 g/mol. The van der Waals surface area contributed by atoms with Crippen LogP contribution in [0.4, 0.5) is 5.82 Å². The molecule has 0 unspecified atom stereocenters. The number of rotatable bonds is 11. The number of benzene rings is 3. The summed E-state index contributed by atoms with van der Waals surface area (Å²) in [6.45, 7) is 2.11. The number of aromatic nitrogens is 3. The van der Waals surface area contributed by atoms with Gasteiger partial charge >= 0.3 is 7.60 Å². The van der Waals surface area contributed by atoms with Crippen molar-refractivity contribution in [3.63, 3.8) is 0 Å². The van der Waals surface area contributed by atoms with Crippen LogP contribution in [-0.4, -0.2) is 37.6 Å². The summed E-state index contributed by atoms with van der Waals surface area (Å²) in [5, 5.41) is 7.14. The maximum Gasteiger partial charge on any atom is 0.349 e. The Morgan fingerprint density at radius 1 is 1.05 bits per heavy atom. The van der Waals surface area contributed by atoms with Gasteiger partial charge in [0.1, 0.15) is 18.1 Å². The summed E-state index contributed by atoms with van der Waals surface area (Å²) in [5.74, 6) is 2.33. The first-order valence-corrected chi connectivity index (χ1v) is 15.0. The molecule has 0 aliphatic rings. The van der Waals surface area contributed by atoms with Crippen LogP contribution < -0.4 is 14.8 Å². The average Bonchev–Trinajstić information content (AvgIpc) is 3.63. The summed E-state index contributed by atoms with van der Waals surface area (Å²) < 4.78 is 30.4. The van der Waals surface area contributed by atoms with Gasteiger partial charge in [0.2, 0.25) is 5.89 Å². The summed E-state index contributed by atoms with van der Waals surface area (Å²) in [6.07, 6.45) is 3.42. The second-order valence-corrected chi connectivity index (χ2v) is 10.8. The fourth-order valence-corrected chi connectivity index (χ4v) is 4.58. The molecule has 0 aliphatic carbocycles. The Labute approximate surface area is 247 Å². The molecular weight excluding hydrogens is 571 g/mol. The summed E-state index contributed by atoms with van der Waals surface area (Å²) in [4.78, 5) is 36.5. The molecular formula is C31H29N4O7P. The van der Waals surface area contributed by atoms with Gasteiger partial charge in [-0.1, -0.05) is 43.3 Å². The van der Waals surface area contributed by atoms with E-state index in [9.17, 15) is 19.1 Å². The highest BCUT2D eigenvalue weighted by Crippen LogP contribution is 2.37. The third kappa shape index (κ3) is 7.28. The van der Waals surface area contributed by atoms with Gasteiger partial charge in [0.15, 0.2) is 17.3 Å². The molecule has 220 valence electrons. The van der Waals surface area contributed by atoms with E-state index in [1.54, 1.807) is 18.3 Å². The highest BCUT2D eigenvalue weighted by Gasteiger charge is 2.18. The lowest BCUT2D eigenvalue weighted by atomic mass is 10.2. The molecule has 1 amide bonds. The van der Waals surface area contributed by atoms with Crippen LogP contribution in [0.15, 0.2) is 95.3 Å². The largest absolute Gasteiger partial charge is 0.493 e. The minimum absolute atomic E-state index is 0.116. The number of nitrogens with zero attached hydrogens (tertiary/aromatic N) is 3. The van der Waals surface area contributed by atoms with Crippen molar-refractivity contribution in [3.05, 3.63) is 113 Å². The maximum absolute atomic E-state index is 13.2. The molecule has 2 heterocycles. The maximum atomic E-state index is 13.2. The van der Waals surface area contributed by atoms with Crippen LogP contribution in [0.25, 0.3) is 23.2 Å². The number of aryl methyl sites for hydroxylation is 1. The fourth-order valence-electron chi connectivity index (χ4n) is 4.23. The fraction of sp³-hybridized carbons (Fsp3) is 0.129. The summed E-state index contributed by atoms with van der Waals surface area (Å²) in [5.41, 5.74) is 2.79. The Balaban J connectivity index is 1.35. The summed E-state index contributed by atoms with van der Waals surface area (Å²) in [7, 11) is -2.97. The second kappa shape index (κ2) is 12.9.